The third-order valence-corrected chi connectivity index (χ3v) is 4.55. The molecule has 2 atom stereocenters. The van der Waals surface area contributed by atoms with Crippen molar-refractivity contribution in [3.63, 3.8) is 0 Å². The molecule has 0 aromatic carbocycles. The number of likely N-dealkylation sites (tertiary alicyclic amines) is 1. The van der Waals surface area contributed by atoms with Gasteiger partial charge in [-0.3, -0.25) is 9.36 Å². The van der Waals surface area contributed by atoms with Crippen LogP contribution in [0, 0.1) is 13.8 Å². The van der Waals surface area contributed by atoms with Crippen molar-refractivity contribution in [2.75, 3.05) is 13.6 Å². The van der Waals surface area contributed by atoms with Crippen LogP contribution in [0.25, 0.3) is 0 Å². The van der Waals surface area contributed by atoms with Crippen LogP contribution in [-0.4, -0.2) is 45.2 Å². The number of aromatic nitrogens is 2. The molecule has 1 aromatic rings. The highest BCUT2D eigenvalue weighted by Gasteiger charge is 2.26. The van der Waals surface area contributed by atoms with E-state index in [4.69, 9.17) is 0 Å². The highest BCUT2D eigenvalue weighted by Crippen LogP contribution is 2.23. The number of carboxylic acids is 1. The third-order valence-electron chi connectivity index (χ3n) is 4.55. The Morgan fingerprint density at radius 3 is 2.67 bits per heavy atom. The van der Waals surface area contributed by atoms with Crippen molar-refractivity contribution in [2.45, 2.75) is 52.1 Å². The van der Waals surface area contributed by atoms with E-state index in [9.17, 15) is 14.7 Å². The van der Waals surface area contributed by atoms with Crippen molar-refractivity contribution in [3.8, 4) is 0 Å². The molecule has 1 fully saturated rings. The average Bonchev–Trinajstić information content (AvgIpc) is 2.79. The molecule has 0 spiro atoms. The lowest BCUT2D eigenvalue weighted by Crippen LogP contribution is -2.37. The van der Waals surface area contributed by atoms with Crippen LogP contribution < -0.4 is 5.69 Å². The topological polar surface area (TPSA) is 75.4 Å². The highest BCUT2D eigenvalue weighted by molar-refractivity contribution is 5.76. The van der Waals surface area contributed by atoms with Crippen molar-refractivity contribution >= 4 is 5.97 Å². The second-order valence-corrected chi connectivity index (χ2v) is 5.93. The maximum absolute atomic E-state index is 12.2. The van der Waals surface area contributed by atoms with Crippen LogP contribution in [-0.2, 0) is 11.3 Å². The zero-order valence-electron chi connectivity index (χ0n) is 13.1. The van der Waals surface area contributed by atoms with Gasteiger partial charge in [-0.05, 0) is 47.2 Å². The molecule has 6 nitrogen and oxygen atoms in total. The van der Waals surface area contributed by atoms with E-state index in [1.807, 2.05) is 6.92 Å². The standard InChI is InChI=1S/C15H23N3O3/c1-9(14(19)20)13-10(2)16-15(21)18(11(13)3)8-12-6-5-7-17(12)4/h9,12H,5-8H2,1-4H3,(H,19,20). The number of aliphatic carboxylic acids is 1. The first-order valence-electron chi connectivity index (χ1n) is 7.34. The van der Waals surface area contributed by atoms with Gasteiger partial charge in [0.25, 0.3) is 0 Å². The molecule has 0 aliphatic carbocycles. The molecule has 0 amide bonds. The molecule has 2 unspecified atom stereocenters. The minimum Gasteiger partial charge on any atom is -0.481 e. The van der Waals surface area contributed by atoms with Gasteiger partial charge in [0.2, 0.25) is 0 Å². The number of aryl methyl sites for hydroxylation is 1. The molecule has 1 aliphatic rings. The summed E-state index contributed by atoms with van der Waals surface area (Å²) < 4.78 is 1.63. The maximum atomic E-state index is 12.2. The molecule has 2 rings (SSSR count). The molecule has 2 heterocycles. The van der Waals surface area contributed by atoms with Crippen LogP contribution in [0.2, 0.25) is 0 Å². The van der Waals surface area contributed by atoms with E-state index in [1.165, 1.54) is 0 Å². The van der Waals surface area contributed by atoms with Crippen molar-refractivity contribution in [1.82, 2.24) is 14.5 Å². The second-order valence-electron chi connectivity index (χ2n) is 5.93. The summed E-state index contributed by atoms with van der Waals surface area (Å²) in [5, 5.41) is 9.25. The number of carbonyl (C=O) groups is 1. The van der Waals surface area contributed by atoms with Crippen LogP contribution in [0.1, 0.15) is 42.6 Å². The maximum Gasteiger partial charge on any atom is 0.348 e. The molecule has 0 bridgehead atoms. The molecule has 1 saturated heterocycles. The SMILES string of the molecule is Cc1nc(=O)n(CC2CCCN2C)c(C)c1C(C)C(=O)O. The van der Waals surface area contributed by atoms with Gasteiger partial charge in [0.1, 0.15) is 0 Å². The number of rotatable bonds is 4. The van der Waals surface area contributed by atoms with E-state index in [0.717, 1.165) is 25.1 Å². The van der Waals surface area contributed by atoms with Gasteiger partial charge in [0.05, 0.1) is 5.92 Å². The molecule has 0 radical (unpaired) electrons. The van der Waals surface area contributed by atoms with E-state index < -0.39 is 11.9 Å². The zero-order chi connectivity index (χ0) is 15.7. The highest BCUT2D eigenvalue weighted by atomic mass is 16.4. The summed E-state index contributed by atoms with van der Waals surface area (Å²) in [5.41, 5.74) is 1.61. The number of nitrogens with zero attached hydrogens (tertiary/aromatic N) is 3. The Morgan fingerprint density at radius 2 is 2.14 bits per heavy atom. The molecular weight excluding hydrogens is 270 g/mol. The lowest BCUT2D eigenvalue weighted by Gasteiger charge is -2.23. The minimum absolute atomic E-state index is 0.286. The van der Waals surface area contributed by atoms with E-state index in [-0.39, 0.29) is 5.69 Å². The molecule has 0 saturated carbocycles. The van der Waals surface area contributed by atoms with Crippen LogP contribution in [0.3, 0.4) is 0 Å². The Kier molecular flexibility index (Phi) is 4.46. The summed E-state index contributed by atoms with van der Waals surface area (Å²) in [4.78, 5) is 29.7. The van der Waals surface area contributed by atoms with Gasteiger partial charge in [-0.1, -0.05) is 0 Å². The average molecular weight is 293 g/mol. The fourth-order valence-electron chi connectivity index (χ4n) is 3.20. The fourth-order valence-corrected chi connectivity index (χ4v) is 3.20. The lowest BCUT2D eigenvalue weighted by atomic mass is 9.98. The predicted molar refractivity (Wildman–Crippen MR) is 79.7 cm³/mol. The van der Waals surface area contributed by atoms with Crippen LogP contribution in [0.15, 0.2) is 4.79 Å². The van der Waals surface area contributed by atoms with Crippen LogP contribution in [0.5, 0.6) is 0 Å². The van der Waals surface area contributed by atoms with Gasteiger partial charge in [-0.15, -0.1) is 0 Å². The lowest BCUT2D eigenvalue weighted by molar-refractivity contribution is -0.138. The van der Waals surface area contributed by atoms with Crippen molar-refractivity contribution in [3.05, 3.63) is 27.4 Å². The first-order valence-corrected chi connectivity index (χ1v) is 7.34. The van der Waals surface area contributed by atoms with Gasteiger partial charge < -0.3 is 10.0 Å². The quantitative estimate of drug-likeness (QED) is 0.901. The van der Waals surface area contributed by atoms with E-state index in [2.05, 4.69) is 16.9 Å². The zero-order valence-corrected chi connectivity index (χ0v) is 13.1. The van der Waals surface area contributed by atoms with Crippen molar-refractivity contribution < 1.29 is 9.90 Å². The fraction of sp³-hybridized carbons (Fsp3) is 0.667. The summed E-state index contributed by atoms with van der Waals surface area (Å²) in [5.74, 6) is -1.56. The Labute approximate surface area is 124 Å². The van der Waals surface area contributed by atoms with E-state index >= 15 is 0 Å². The van der Waals surface area contributed by atoms with Crippen molar-refractivity contribution in [2.24, 2.45) is 0 Å². The Morgan fingerprint density at radius 1 is 1.48 bits per heavy atom. The number of hydrogen-bond donors (Lipinski definition) is 1. The molecule has 1 aliphatic heterocycles. The Hall–Kier alpha value is -1.69. The Bertz CT molecular complexity index is 609. The second kappa shape index (κ2) is 5.97. The number of likely N-dealkylation sites (N-methyl/N-ethyl adjacent to an activating group) is 1. The van der Waals surface area contributed by atoms with Gasteiger partial charge in [-0.2, -0.15) is 4.98 Å². The first-order chi connectivity index (χ1) is 9.82. The molecule has 21 heavy (non-hydrogen) atoms. The molecular formula is C15H23N3O3. The van der Waals surface area contributed by atoms with Gasteiger partial charge >= 0.3 is 11.7 Å². The first kappa shape index (κ1) is 15.7. The molecule has 1 N–H and O–H groups in total. The minimum atomic E-state index is -0.897. The molecule has 6 heteroatoms. The normalized spacial score (nSPS) is 20.7. The number of carboxylic acid groups (broad SMARTS) is 1. The van der Waals surface area contributed by atoms with E-state index in [1.54, 1.807) is 18.4 Å². The van der Waals surface area contributed by atoms with E-state index in [0.29, 0.717) is 23.8 Å². The monoisotopic (exact) mass is 293 g/mol. The molecule has 116 valence electrons. The van der Waals surface area contributed by atoms with Gasteiger partial charge in [-0.25, -0.2) is 4.79 Å². The third kappa shape index (κ3) is 3.00. The smallest absolute Gasteiger partial charge is 0.348 e. The summed E-state index contributed by atoms with van der Waals surface area (Å²) in [7, 11) is 2.06. The van der Waals surface area contributed by atoms with Crippen LogP contribution >= 0.6 is 0 Å². The van der Waals surface area contributed by atoms with Gasteiger partial charge in [0, 0.05) is 29.5 Å². The predicted octanol–water partition coefficient (Wildman–Crippen LogP) is 1.14. The summed E-state index contributed by atoms with van der Waals surface area (Å²) in [6.45, 7) is 6.77. The summed E-state index contributed by atoms with van der Waals surface area (Å²) >= 11 is 0. The summed E-state index contributed by atoms with van der Waals surface area (Å²) in [6, 6.07) is 0.318. The number of hydrogen-bond acceptors (Lipinski definition) is 4. The van der Waals surface area contributed by atoms with Gasteiger partial charge in [0.15, 0.2) is 0 Å². The van der Waals surface area contributed by atoms with Crippen molar-refractivity contribution in [1.29, 1.82) is 0 Å². The molecule has 1 aromatic heterocycles. The van der Waals surface area contributed by atoms with Crippen LogP contribution in [0.4, 0.5) is 0 Å². The summed E-state index contributed by atoms with van der Waals surface area (Å²) in [6.07, 6.45) is 2.19. The largest absolute Gasteiger partial charge is 0.481 e. The Balaban J connectivity index is 2.44.